The van der Waals surface area contributed by atoms with Gasteiger partial charge in [0.1, 0.15) is 6.07 Å². The normalized spacial score (nSPS) is 9.76. The summed E-state index contributed by atoms with van der Waals surface area (Å²) < 4.78 is 0. The third kappa shape index (κ3) is 4.08. The molecule has 4 nitrogen and oxygen atoms in total. The molecule has 0 fully saturated rings. The summed E-state index contributed by atoms with van der Waals surface area (Å²) in [5.41, 5.74) is 4.18. The Balaban J connectivity index is 1.98. The summed E-state index contributed by atoms with van der Waals surface area (Å²) in [7, 11) is 0. The number of carbonyl (C=O) groups excluding carboxylic acids is 1. The molecule has 0 saturated carbocycles. The molecule has 0 atom stereocenters. The number of nitrogens with zero attached hydrogens (tertiary/aromatic N) is 1. The first-order valence-corrected chi connectivity index (χ1v) is 6.69. The fraction of sp³-hybridized carbons (Fsp3) is 0.176. The van der Waals surface area contributed by atoms with Crippen molar-refractivity contribution >= 4 is 17.3 Å². The number of hydrogen-bond donors (Lipinski definition) is 2. The summed E-state index contributed by atoms with van der Waals surface area (Å²) in [5.74, 6) is -0.146. The van der Waals surface area contributed by atoms with E-state index in [4.69, 9.17) is 5.26 Å². The van der Waals surface area contributed by atoms with Crippen molar-refractivity contribution in [2.24, 2.45) is 0 Å². The summed E-state index contributed by atoms with van der Waals surface area (Å²) in [5, 5.41) is 14.8. The van der Waals surface area contributed by atoms with Crippen LogP contribution in [0.1, 0.15) is 16.7 Å². The lowest BCUT2D eigenvalue weighted by atomic mass is 10.1. The van der Waals surface area contributed by atoms with Crippen molar-refractivity contribution in [2.45, 2.75) is 13.8 Å². The van der Waals surface area contributed by atoms with Crippen molar-refractivity contribution in [3.63, 3.8) is 0 Å². The molecular weight excluding hydrogens is 262 g/mol. The Kier molecular flexibility index (Phi) is 4.57. The van der Waals surface area contributed by atoms with E-state index in [0.29, 0.717) is 11.3 Å². The second kappa shape index (κ2) is 6.58. The van der Waals surface area contributed by atoms with Crippen LogP contribution in [-0.2, 0) is 4.79 Å². The van der Waals surface area contributed by atoms with Crippen LogP contribution in [0.4, 0.5) is 11.4 Å². The highest BCUT2D eigenvalue weighted by atomic mass is 16.1. The molecule has 0 aliphatic rings. The van der Waals surface area contributed by atoms with Gasteiger partial charge in [-0.25, -0.2) is 0 Å². The largest absolute Gasteiger partial charge is 0.375 e. The lowest BCUT2D eigenvalue weighted by molar-refractivity contribution is -0.114. The van der Waals surface area contributed by atoms with Crippen molar-refractivity contribution < 1.29 is 4.79 Å². The molecule has 106 valence electrons. The predicted octanol–water partition coefficient (Wildman–Crippen LogP) is 3.23. The van der Waals surface area contributed by atoms with Gasteiger partial charge in [-0.15, -0.1) is 0 Å². The molecule has 0 bridgehead atoms. The van der Waals surface area contributed by atoms with Gasteiger partial charge in [0.15, 0.2) is 0 Å². The molecule has 0 aliphatic heterocycles. The average molecular weight is 279 g/mol. The van der Waals surface area contributed by atoms with Crippen LogP contribution in [0.2, 0.25) is 0 Å². The van der Waals surface area contributed by atoms with Crippen LogP contribution in [0, 0.1) is 25.2 Å². The van der Waals surface area contributed by atoms with Gasteiger partial charge >= 0.3 is 0 Å². The van der Waals surface area contributed by atoms with Crippen LogP contribution < -0.4 is 10.6 Å². The Labute approximate surface area is 124 Å². The SMILES string of the molecule is Cc1cc(C)cc(NC(=O)CNc2ccccc2C#N)c1. The maximum absolute atomic E-state index is 12.0. The third-order valence-corrected chi connectivity index (χ3v) is 2.99. The number of anilines is 2. The first-order valence-electron chi connectivity index (χ1n) is 6.69. The molecule has 2 N–H and O–H groups in total. The maximum atomic E-state index is 12.0. The van der Waals surface area contributed by atoms with Gasteiger partial charge in [-0.3, -0.25) is 4.79 Å². The van der Waals surface area contributed by atoms with Crippen molar-refractivity contribution in [1.29, 1.82) is 5.26 Å². The molecule has 1 amide bonds. The van der Waals surface area contributed by atoms with Gasteiger partial charge < -0.3 is 10.6 Å². The number of aryl methyl sites for hydroxylation is 2. The zero-order chi connectivity index (χ0) is 15.2. The van der Waals surface area contributed by atoms with Crippen LogP contribution in [-0.4, -0.2) is 12.5 Å². The number of hydrogen-bond acceptors (Lipinski definition) is 3. The zero-order valence-corrected chi connectivity index (χ0v) is 12.1. The molecule has 0 unspecified atom stereocenters. The van der Waals surface area contributed by atoms with Crippen molar-refractivity contribution in [3.05, 3.63) is 59.2 Å². The summed E-state index contributed by atoms with van der Waals surface area (Å²) in [6.45, 7) is 4.10. The van der Waals surface area contributed by atoms with Gasteiger partial charge in [-0.2, -0.15) is 5.26 Å². The van der Waals surface area contributed by atoms with Gasteiger partial charge in [-0.1, -0.05) is 18.2 Å². The zero-order valence-electron chi connectivity index (χ0n) is 12.1. The molecule has 2 aromatic rings. The van der Waals surface area contributed by atoms with Crippen LogP contribution in [0.15, 0.2) is 42.5 Å². The maximum Gasteiger partial charge on any atom is 0.243 e. The standard InChI is InChI=1S/C17H17N3O/c1-12-7-13(2)9-15(8-12)20-17(21)11-19-16-6-4-3-5-14(16)10-18/h3-9,19H,11H2,1-2H3,(H,20,21). The minimum atomic E-state index is -0.146. The molecule has 4 heteroatoms. The van der Waals surface area contributed by atoms with Gasteiger partial charge in [0.05, 0.1) is 17.8 Å². The summed E-state index contributed by atoms with van der Waals surface area (Å²) in [6.07, 6.45) is 0. The van der Waals surface area contributed by atoms with E-state index in [9.17, 15) is 4.79 Å². The number of benzene rings is 2. The number of para-hydroxylation sites is 1. The first kappa shape index (κ1) is 14.6. The molecule has 0 saturated heterocycles. The van der Waals surface area contributed by atoms with E-state index in [0.717, 1.165) is 16.8 Å². The summed E-state index contributed by atoms with van der Waals surface area (Å²) in [6, 6.07) is 15.1. The molecule has 0 aromatic heterocycles. The number of nitriles is 1. The van der Waals surface area contributed by atoms with Crippen LogP contribution >= 0.6 is 0 Å². The first-order chi connectivity index (χ1) is 10.1. The lowest BCUT2D eigenvalue weighted by Crippen LogP contribution is -2.22. The van der Waals surface area contributed by atoms with E-state index < -0.39 is 0 Å². The summed E-state index contributed by atoms with van der Waals surface area (Å²) in [4.78, 5) is 12.0. The van der Waals surface area contributed by atoms with E-state index in [1.165, 1.54) is 0 Å². The van der Waals surface area contributed by atoms with E-state index in [1.54, 1.807) is 18.2 Å². The fourth-order valence-electron chi connectivity index (χ4n) is 2.16. The Bertz CT molecular complexity index is 681. The van der Waals surface area contributed by atoms with Gasteiger partial charge in [0, 0.05) is 5.69 Å². The predicted molar refractivity (Wildman–Crippen MR) is 84.2 cm³/mol. The topological polar surface area (TPSA) is 64.9 Å². The van der Waals surface area contributed by atoms with E-state index in [-0.39, 0.29) is 12.5 Å². The Hall–Kier alpha value is -2.80. The fourth-order valence-corrected chi connectivity index (χ4v) is 2.16. The highest BCUT2D eigenvalue weighted by Gasteiger charge is 2.05. The monoisotopic (exact) mass is 279 g/mol. The van der Waals surface area contributed by atoms with E-state index >= 15 is 0 Å². The van der Waals surface area contributed by atoms with Gasteiger partial charge in [0.2, 0.25) is 5.91 Å². The number of amides is 1. The minimum absolute atomic E-state index is 0.117. The van der Waals surface area contributed by atoms with Crippen molar-refractivity contribution in [1.82, 2.24) is 0 Å². The molecule has 0 heterocycles. The Morgan fingerprint density at radius 2 is 1.81 bits per heavy atom. The Morgan fingerprint density at radius 3 is 2.48 bits per heavy atom. The molecule has 2 rings (SSSR count). The molecule has 0 aliphatic carbocycles. The highest BCUT2D eigenvalue weighted by Crippen LogP contribution is 2.15. The van der Waals surface area contributed by atoms with Gasteiger partial charge in [-0.05, 0) is 49.2 Å². The number of nitrogens with one attached hydrogen (secondary N) is 2. The molecule has 2 aromatic carbocycles. The van der Waals surface area contributed by atoms with Crippen molar-refractivity contribution in [3.8, 4) is 6.07 Å². The second-order valence-corrected chi connectivity index (χ2v) is 4.94. The lowest BCUT2D eigenvalue weighted by Gasteiger charge is -2.10. The second-order valence-electron chi connectivity index (χ2n) is 4.94. The molecule has 0 spiro atoms. The molecular formula is C17H17N3O. The summed E-state index contributed by atoms with van der Waals surface area (Å²) >= 11 is 0. The van der Waals surface area contributed by atoms with Crippen LogP contribution in [0.25, 0.3) is 0 Å². The molecule has 21 heavy (non-hydrogen) atoms. The van der Waals surface area contributed by atoms with Crippen molar-refractivity contribution in [2.75, 3.05) is 17.2 Å². The number of carbonyl (C=O) groups is 1. The van der Waals surface area contributed by atoms with Crippen LogP contribution in [0.5, 0.6) is 0 Å². The quantitative estimate of drug-likeness (QED) is 0.903. The van der Waals surface area contributed by atoms with E-state index in [2.05, 4.69) is 22.8 Å². The smallest absolute Gasteiger partial charge is 0.243 e. The number of rotatable bonds is 4. The van der Waals surface area contributed by atoms with Crippen LogP contribution in [0.3, 0.4) is 0 Å². The van der Waals surface area contributed by atoms with E-state index in [1.807, 2.05) is 32.0 Å². The Morgan fingerprint density at radius 1 is 1.14 bits per heavy atom. The highest BCUT2D eigenvalue weighted by molar-refractivity contribution is 5.94. The van der Waals surface area contributed by atoms with Gasteiger partial charge in [0.25, 0.3) is 0 Å². The minimum Gasteiger partial charge on any atom is -0.375 e. The third-order valence-electron chi connectivity index (χ3n) is 2.99. The average Bonchev–Trinajstić information content (AvgIpc) is 2.44. The molecule has 0 radical (unpaired) electrons.